The molecule has 1 fully saturated rings. The van der Waals surface area contributed by atoms with Gasteiger partial charge in [-0.3, -0.25) is 10.00 Å². The second-order valence-electron chi connectivity index (χ2n) is 6.10. The van der Waals surface area contributed by atoms with E-state index in [1.807, 2.05) is 18.3 Å². The molecule has 0 radical (unpaired) electrons. The van der Waals surface area contributed by atoms with Crippen LogP contribution in [0.25, 0.3) is 0 Å². The van der Waals surface area contributed by atoms with Gasteiger partial charge in [0.05, 0.1) is 11.1 Å². The van der Waals surface area contributed by atoms with Crippen LogP contribution in [0.3, 0.4) is 0 Å². The van der Waals surface area contributed by atoms with Gasteiger partial charge >= 0.3 is 0 Å². The van der Waals surface area contributed by atoms with E-state index in [-0.39, 0.29) is 0 Å². The molecular weight excluding hydrogens is 298 g/mol. The first-order valence-electron chi connectivity index (χ1n) is 7.44. The van der Waals surface area contributed by atoms with Gasteiger partial charge in [-0.25, -0.2) is 8.42 Å². The van der Waals surface area contributed by atoms with Crippen molar-refractivity contribution >= 4 is 9.84 Å². The van der Waals surface area contributed by atoms with Gasteiger partial charge in [0.25, 0.3) is 0 Å². The van der Waals surface area contributed by atoms with Gasteiger partial charge < -0.3 is 0 Å². The summed E-state index contributed by atoms with van der Waals surface area (Å²) in [6.07, 6.45) is 4.24. The van der Waals surface area contributed by atoms with Crippen LogP contribution in [0.2, 0.25) is 0 Å². The number of likely N-dealkylation sites (tertiary alicyclic amines) is 1. The maximum absolute atomic E-state index is 11.5. The molecule has 22 heavy (non-hydrogen) atoms. The number of H-pyrrole nitrogens is 1. The summed E-state index contributed by atoms with van der Waals surface area (Å²) in [5.74, 6) is 0.512. The van der Waals surface area contributed by atoms with E-state index in [0.29, 0.717) is 10.8 Å². The lowest BCUT2D eigenvalue weighted by molar-refractivity contribution is 0.326. The highest BCUT2D eigenvalue weighted by Gasteiger charge is 2.26. The summed E-state index contributed by atoms with van der Waals surface area (Å²) in [4.78, 5) is 2.78. The van der Waals surface area contributed by atoms with E-state index < -0.39 is 9.84 Å². The van der Waals surface area contributed by atoms with Crippen LogP contribution < -0.4 is 0 Å². The Bertz CT molecular complexity index is 750. The van der Waals surface area contributed by atoms with Gasteiger partial charge in [0.2, 0.25) is 0 Å². The van der Waals surface area contributed by atoms with Crippen molar-refractivity contribution in [1.29, 1.82) is 0 Å². The molecule has 0 unspecified atom stereocenters. The van der Waals surface area contributed by atoms with Crippen molar-refractivity contribution in [1.82, 2.24) is 15.1 Å². The molecule has 0 amide bonds. The Labute approximate surface area is 131 Å². The lowest BCUT2D eigenvalue weighted by Crippen LogP contribution is -2.20. The maximum Gasteiger partial charge on any atom is 0.175 e. The van der Waals surface area contributed by atoms with Gasteiger partial charge in [-0.1, -0.05) is 12.1 Å². The Balaban J connectivity index is 1.64. The van der Waals surface area contributed by atoms with Crippen molar-refractivity contribution in [3.8, 4) is 0 Å². The minimum atomic E-state index is -3.11. The molecule has 5 nitrogen and oxygen atoms in total. The Morgan fingerprint density at radius 1 is 1.32 bits per heavy atom. The van der Waals surface area contributed by atoms with Gasteiger partial charge in [0.15, 0.2) is 9.84 Å². The van der Waals surface area contributed by atoms with Gasteiger partial charge in [-0.05, 0) is 43.1 Å². The summed E-state index contributed by atoms with van der Waals surface area (Å²) in [6, 6.07) is 7.20. The highest BCUT2D eigenvalue weighted by molar-refractivity contribution is 7.90. The Hall–Kier alpha value is -1.66. The molecule has 0 saturated carbocycles. The van der Waals surface area contributed by atoms with Crippen LogP contribution in [0, 0.1) is 6.92 Å². The van der Waals surface area contributed by atoms with E-state index in [9.17, 15) is 8.42 Å². The third-order valence-electron chi connectivity index (χ3n) is 4.31. The van der Waals surface area contributed by atoms with Gasteiger partial charge in [0, 0.05) is 31.0 Å². The summed E-state index contributed by atoms with van der Waals surface area (Å²) >= 11 is 0. The van der Waals surface area contributed by atoms with Gasteiger partial charge in [0.1, 0.15) is 0 Å². The number of nitrogens with zero attached hydrogens (tertiary/aromatic N) is 2. The molecule has 1 aromatic carbocycles. The number of aromatic nitrogens is 2. The second-order valence-corrected chi connectivity index (χ2v) is 8.12. The zero-order chi connectivity index (χ0) is 15.7. The van der Waals surface area contributed by atoms with Crippen LogP contribution in [0.5, 0.6) is 0 Å². The summed E-state index contributed by atoms with van der Waals surface area (Å²) < 4.78 is 23.0. The second kappa shape index (κ2) is 5.85. The molecule has 1 N–H and O–H groups in total. The van der Waals surface area contributed by atoms with E-state index in [1.165, 1.54) is 17.5 Å². The quantitative estimate of drug-likeness (QED) is 0.937. The molecule has 6 heteroatoms. The molecule has 1 aliphatic heterocycles. The van der Waals surface area contributed by atoms with Crippen molar-refractivity contribution in [3.63, 3.8) is 0 Å². The van der Waals surface area contributed by atoms with Crippen molar-refractivity contribution in [3.05, 3.63) is 47.3 Å². The van der Waals surface area contributed by atoms with Crippen LogP contribution in [0.4, 0.5) is 0 Å². The lowest BCUT2D eigenvalue weighted by atomic mass is 10.0. The topological polar surface area (TPSA) is 66.1 Å². The SMILES string of the molecule is Cc1cn[nH]c1[C@@H]1CCN(Cc2ccc(S(C)(=O)=O)cc2)C1. The molecule has 0 spiro atoms. The summed E-state index contributed by atoms with van der Waals surface area (Å²) in [5.41, 5.74) is 3.62. The summed E-state index contributed by atoms with van der Waals surface area (Å²) in [7, 11) is -3.11. The molecule has 0 bridgehead atoms. The fourth-order valence-electron chi connectivity index (χ4n) is 3.08. The number of aromatic amines is 1. The third-order valence-corrected chi connectivity index (χ3v) is 5.43. The fraction of sp³-hybridized carbons (Fsp3) is 0.438. The number of hydrogen-bond donors (Lipinski definition) is 1. The first-order valence-corrected chi connectivity index (χ1v) is 9.34. The summed E-state index contributed by atoms with van der Waals surface area (Å²) in [5, 5.41) is 7.22. The predicted molar refractivity (Wildman–Crippen MR) is 85.5 cm³/mol. The van der Waals surface area contributed by atoms with Crippen LogP contribution >= 0.6 is 0 Å². The van der Waals surface area contributed by atoms with E-state index in [0.717, 1.165) is 31.6 Å². The third kappa shape index (κ3) is 3.23. The Kier molecular flexibility index (Phi) is 4.06. The number of aryl methyl sites for hydroxylation is 1. The lowest BCUT2D eigenvalue weighted by Gasteiger charge is -2.16. The number of sulfone groups is 1. The standard InChI is InChI=1S/C16H21N3O2S/c1-12-9-17-18-16(12)14-7-8-19(11-14)10-13-3-5-15(6-4-13)22(2,20)21/h3-6,9,14H,7-8,10-11H2,1-2H3,(H,17,18)/t14-/m1/s1. The fourth-order valence-corrected chi connectivity index (χ4v) is 3.71. The van der Waals surface area contributed by atoms with Crippen LogP contribution in [0.1, 0.15) is 29.2 Å². The number of benzene rings is 1. The van der Waals surface area contributed by atoms with Crippen molar-refractivity contribution in [2.75, 3.05) is 19.3 Å². The smallest absolute Gasteiger partial charge is 0.175 e. The van der Waals surface area contributed by atoms with E-state index in [1.54, 1.807) is 12.1 Å². The molecule has 2 heterocycles. The zero-order valence-electron chi connectivity index (χ0n) is 12.9. The molecule has 1 atom stereocenters. The highest BCUT2D eigenvalue weighted by Crippen LogP contribution is 2.28. The minimum Gasteiger partial charge on any atom is -0.298 e. The minimum absolute atomic E-state index is 0.378. The van der Waals surface area contributed by atoms with Crippen LogP contribution in [-0.2, 0) is 16.4 Å². The highest BCUT2D eigenvalue weighted by atomic mass is 32.2. The van der Waals surface area contributed by atoms with Crippen molar-refractivity contribution in [2.45, 2.75) is 30.7 Å². The van der Waals surface area contributed by atoms with Crippen molar-refractivity contribution < 1.29 is 8.42 Å². The largest absolute Gasteiger partial charge is 0.298 e. The molecule has 1 saturated heterocycles. The van der Waals surface area contributed by atoms with Gasteiger partial charge in [-0.2, -0.15) is 5.10 Å². The van der Waals surface area contributed by atoms with Crippen LogP contribution in [0.15, 0.2) is 35.4 Å². The van der Waals surface area contributed by atoms with E-state index in [2.05, 4.69) is 22.0 Å². The Morgan fingerprint density at radius 3 is 2.64 bits per heavy atom. The van der Waals surface area contributed by atoms with Crippen LogP contribution in [-0.4, -0.2) is 42.9 Å². The molecule has 2 aromatic rings. The Morgan fingerprint density at radius 2 is 2.05 bits per heavy atom. The van der Waals surface area contributed by atoms with E-state index in [4.69, 9.17) is 0 Å². The average molecular weight is 319 g/mol. The molecule has 118 valence electrons. The first kappa shape index (κ1) is 15.2. The number of rotatable bonds is 4. The molecular formula is C16H21N3O2S. The number of nitrogens with one attached hydrogen (secondary N) is 1. The average Bonchev–Trinajstić information content (AvgIpc) is 3.07. The van der Waals surface area contributed by atoms with E-state index >= 15 is 0 Å². The molecule has 1 aliphatic rings. The maximum atomic E-state index is 11.5. The monoisotopic (exact) mass is 319 g/mol. The number of hydrogen-bond acceptors (Lipinski definition) is 4. The van der Waals surface area contributed by atoms with Crippen molar-refractivity contribution in [2.24, 2.45) is 0 Å². The normalized spacial score (nSPS) is 19.6. The summed E-state index contributed by atoms with van der Waals surface area (Å²) in [6.45, 7) is 5.01. The first-order chi connectivity index (χ1) is 10.4. The molecule has 0 aliphatic carbocycles. The molecule has 3 rings (SSSR count). The zero-order valence-corrected chi connectivity index (χ0v) is 13.7. The predicted octanol–water partition coefficient (Wildman–Crippen LogP) is 2.11. The molecule has 1 aromatic heterocycles. The van der Waals surface area contributed by atoms with Gasteiger partial charge in [-0.15, -0.1) is 0 Å².